The lowest BCUT2D eigenvalue weighted by molar-refractivity contribution is -0.138. The van der Waals surface area contributed by atoms with E-state index >= 15 is 0 Å². The summed E-state index contributed by atoms with van der Waals surface area (Å²) in [6, 6.07) is 12.3. The molecule has 0 radical (unpaired) electrons. The van der Waals surface area contributed by atoms with Gasteiger partial charge in [-0.05, 0) is 18.2 Å². The van der Waals surface area contributed by atoms with E-state index in [0.29, 0.717) is 0 Å². The molecular formula is C18H10F6O. The van der Waals surface area contributed by atoms with E-state index in [1.54, 1.807) is 18.2 Å². The van der Waals surface area contributed by atoms with Gasteiger partial charge in [0, 0.05) is 11.1 Å². The third kappa shape index (κ3) is 3.55. The van der Waals surface area contributed by atoms with Crippen LogP contribution in [0.1, 0.15) is 11.1 Å². The number of benzene rings is 2. The average molecular weight is 356 g/mol. The van der Waals surface area contributed by atoms with Gasteiger partial charge in [-0.25, -0.2) is 0 Å². The second-order valence-corrected chi connectivity index (χ2v) is 5.29. The van der Waals surface area contributed by atoms with Crippen molar-refractivity contribution >= 4 is 0 Å². The molecule has 0 bridgehead atoms. The Morgan fingerprint density at radius 3 is 1.76 bits per heavy atom. The SMILES string of the molecule is FC(F)(F)c1ccc(-c2cc(C(F)(F)F)c(-c3ccccc3)o2)cc1. The summed E-state index contributed by atoms with van der Waals surface area (Å²) in [5.74, 6) is -0.525. The van der Waals surface area contributed by atoms with Crippen LogP contribution in [0.4, 0.5) is 26.3 Å². The molecule has 0 saturated carbocycles. The summed E-state index contributed by atoms with van der Waals surface area (Å²) in [6.45, 7) is 0. The Balaban J connectivity index is 2.08. The van der Waals surface area contributed by atoms with Crippen LogP contribution in [-0.4, -0.2) is 0 Å². The molecule has 0 N–H and O–H groups in total. The minimum atomic E-state index is -4.65. The highest BCUT2D eigenvalue weighted by molar-refractivity contribution is 5.69. The van der Waals surface area contributed by atoms with Crippen molar-refractivity contribution in [2.75, 3.05) is 0 Å². The highest BCUT2D eigenvalue weighted by atomic mass is 19.4. The highest BCUT2D eigenvalue weighted by Gasteiger charge is 2.37. The zero-order chi connectivity index (χ0) is 18.2. The van der Waals surface area contributed by atoms with Crippen molar-refractivity contribution in [1.82, 2.24) is 0 Å². The molecule has 2 aromatic carbocycles. The van der Waals surface area contributed by atoms with E-state index in [2.05, 4.69) is 0 Å². The molecule has 25 heavy (non-hydrogen) atoms. The molecule has 0 aliphatic heterocycles. The Labute approximate surface area is 138 Å². The smallest absolute Gasteiger partial charge is 0.420 e. The quantitative estimate of drug-likeness (QED) is 0.469. The van der Waals surface area contributed by atoms with Crippen LogP contribution in [0.2, 0.25) is 0 Å². The molecule has 7 heteroatoms. The van der Waals surface area contributed by atoms with Gasteiger partial charge in [0.15, 0.2) is 0 Å². The molecule has 0 fully saturated rings. The van der Waals surface area contributed by atoms with Crippen molar-refractivity contribution in [3.63, 3.8) is 0 Å². The van der Waals surface area contributed by atoms with Crippen molar-refractivity contribution in [3.05, 3.63) is 71.8 Å². The second-order valence-electron chi connectivity index (χ2n) is 5.29. The van der Waals surface area contributed by atoms with E-state index < -0.39 is 23.5 Å². The van der Waals surface area contributed by atoms with Crippen LogP contribution in [0.5, 0.6) is 0 Å². The second kappa shape index (κ2) is 5.98. The molecule has 0 atom stereocenters. The number of rotatable bonds is 2. The summed E-state index contributed by atoms with van der Waals surface area (Å²) in [4.78, 5) is 0. The minimum Gasteiger partial charge on any atom is -0.455 e. The lowest BCUT2D eigenvalue weighted by Crippen LogP contribution is -2.04. The predicted molar refractivity (Wildman–Crippen MR) is 79.6 cm³/mol. The van der Waals surface area contributed by atoms with E-state index in [9.17, 15) is 26.3 Å². The monoisotopic (exact) mass is 356 g/mol. The van der Waals surface area contributed by atoms with Gasteiger partial charge < -0.3 is 4.42 Å². The Bertz CT molecular complexity index is 857. The van der Waals surface area contributed by atoms with Gasteiger partial charge in [0.05, 0.1) is 5.56 Å². The molecular weight excluding hydrogens is 346 g/mol. The third-order valence-electron chi connectivity index (χ3n) is 3.57. The molecule has 0 saturated heterocycles. The van der Waals surface area contributed by atoms with E-state index in [0.717, 1.165) is 30.3 Å². The van der Waals surface area contributed by atoms with E-state index in [4.69, 9.17) is 4.42 Å². The number of furan rings is 1. The number of alkyl halides is 6. The van der Waals surface area contributed by atoms with Gasteiger partial charge in [0.1, 0.15) is 17.1 Å². The molecule has 130 valence electrons. The number of hydrogen-bond acceptors (Lipinski definition) is 1. The normalized spacial score (nSPS) is 12.4. The molecule has 0 spiro atoms. The van der Waals surface area contributed by atoms with Gasteiger partial charge in [-0.15, -0.1) is 0 Å². The van der Waals surface area contributed by atoms with Crippen molar-refractivity contribution in [2.24, 2.45) is 0 Å². The van der Waals surface area contributed by atoms with Crippen LogP contribution in [0, 0.1) is 0 Å². The first-order valence-electron chi connectivity index (χ1n) is 7.10. The summed E-state index contributed by atoms with van der Waals surface area (Å²) in [5.41, 5.74) is -1.51. The maximum Gasteiger partial charge on any atom is 0.420 e. The van der Waals surface area contributed by atoms with E-state index in [1.165, 1.54) is 12.1 Å². The predicted octanol–water partition coefficient (Wildman–Crippen LogP) is 6.65. The van der Waals surface area contributed by atoms with Crippen LogP contribution < -0.4 is 0 Å². The molecule has 0 aliphatic rings. The standard InChI is InChI=1S/C18H10F6O/c19-17(20,21)13-8-6-11(7-9-13)15-10-14(18(22,23)24)16(25-15)12-4-2-1-3-5-12/h1-10H. The summed E-state index contributed by atoms with van der Waals surface area (Å²) >= 11 is 0. The third-order valence-corrected chi connectivity index (χ3v) is 3.57. The average Bonchev–Trinajstić information content (AvgIpc) is 3.01. The molecule has 0 aliphatic carbocycles. The van der Waals surface area contributed by atoms with Crippen LogP contribution in [0.3, 0.4) is 0 Å². The fraction of sp³-hybridized carbons (Fsp3) is 0.111. The maximum absolute atomic E-state index is 13.3. The molecule has 3 rings (SSSR count). The van der Waals surface area contributed by atoms with E-state index in [-0.39, 0.29) is 22.6 Å². The Morgan fingerprint density at radius 2 is 1.24 bits per heavy atom. The first-order chi connectivity index (χ1) is 11.7. The van der Waals surface area contributed by atoms with Gasteiger partial charge in [-0.3, -0.25) is 0 Å². The van der Waals surface area contributed by atoms with Crippen LogP contribution >= 0.6 is 0 Å². The topological polar surface area (TPSA) is 13.1 Å². The summed E-state index contributed by atoms with van der Waals surface area (Å²) in [7, 11) is 0. The molecule has 0 amide bonds. The summed E-state index contributed by atoms with van der Waals surface area (Å²) in [5, 5.41) is 0. The lowest BCUT2D eigenvalue weighted by atomic mass is 10.1. The van der Waals surface area contributed by atoms with Gasteiger partial charge in [-0.1, -0.05) is 42.5 Å². The zero-order valence-electron chi connectivity index (χ0n) is 12.4. The largest absolute Gasteiger partial charge is 0.455 e. The fourth-order valence-electron chi connectivity index (χ4n) is 2.37. The summed E-state index contributed by atoms with van der Waals surface area (Å²) < 4.78 is 82.9. The van der Waals surface area contributed by atoms with Crippen molar-refractivity contribution in [2.45, 2.75) is 12.4 Å². The van der Waals surface area contributed by atoms with Crippen LogP contribution in [-0.2, 0) is 12.4 Å². The lowest BCUT2D eigenvalue weighted by Gasteiger charge is -2.06. The van der Waals surface area contributed by atoms with Gasteiger partial charge in [-0.2, -0.15) is 26.3 Å². The van der Waals surface area contributed by atoms with Crippen LogP contribution in [0.15, 0.2) is 65.1 Å². The Hall–Kier alpha value is -2.70. The van der Waals surface area contributed by atoms with Gasteiger partial charge >= 0.3 is 12.4 Å². The van der Waals surface area contributed by atoms with Crippen molar-refractivity contribution < 1.29 is 30.8 Å². The fourth-order valence-corrected chi connectivity index (χ4v) is 2.37. The van der Waals surface area contributed by atoms with Crippen LogP contribution in [0.25, 0.3) is 22.6 Å². The Morgan fingerprint density at radius 1 is 0.640 bits per heavy atom. The molecule has 1 aromatic heterocycles. The molecule has 1 nitrogen and oxygen atoms in total. The van der Waals surface area contributed by atoms with Gasteiger partial charge in [0.25, 0.3) is 0 Å². The highest BCUT2D eigenvalue weighted by Crippen LogP contribution is 2.42. The molecule has 3 aromatic rings. The maximum atomic E-state index is 13.3. The summed E-state index contributed by atoms with van der Waals surface area (Å²) in [6.07, 6.45) is -9.17. The number of halogens is 6. The van der Waals surface area contributed by atoms with Crippen molar-refractivity contribution in [1.29, 1.82) is 0 Å². The Kier molecular flexibility index (Phi) is 4.10. The first kappa shape index (κ1) is 17.1. The molecule has 0 unspecified atom stereocenters. The van der Waals surface area contributed by atoms with Gasteiger partial charge in [0.2, 0.25) is 0 Å². The first-order valence-corrected chi connectivity index (χ1v) is 7.10. The number of hydrogen-bond donors (Lipinski definition) is 0. The van der Waals surface area contributed by atoms with E-state index in [1.807, 2.05) is 0 Å². The molecule has 1 heterocycles. The van der Waals surface area contributed by atoms with Crippen molar-refractivity contribution in [3.8, 4) is 22.6 Å². The minimum absolute atomic E-state index is 0.126. The zero-order valence-corrected chi connectivity index (χ0v) is 12.4.